The monoisotopic (exact) mass is 259 g/mol. The molecule has 0 saturated carbocycles. The van der Waals surface area contributed by atoms with Crippen molar-refractivity contribution < 1.29 is 9.90 Å². The molecular weight excluding hydrogens is 242 g/mol. The Morgan fingerprint density at radius 3 is 2.84 bits per heavy atom. The van der Waals surface area contributed by atoms with Gasteiger partial charge in [0.1, 0.15) is 11.9 Å². The predicted molar refractivity (Wildman–Crippen MR) is 70.9 cm³/mol. The quantitative estimate of drug-likeness (QED) is 0.897. The molecule has 1 saturated heterocycles. The van der Waals surface area contributed by atoms with E-state index in [4.69, 9.17) is 5.11 Å². The molecule has 100 valence electrons. The van der Waals surface area contributed by atoms with Crippen molar-refractivity contribution in [1.29, 1.82) is 5.26 Å². The Balaban J connectivity index is 2.08. The lowest BCUT2D eigenvalue weighted by Gasteiger charge is -2.32. The van der Waals surface area contributed by atoms with Crippen molar-refractivity contribution in [1.82, 2.24) is 4.98 Å². The van der Waals surface area contributed by atoms with E-state index < -0.39 is 5.97 Å². The van der Waals surface area contributed by atoms with Gasteiger partial charge in [0.25, 0.3) is 0 Å². The number of hydrogen-bond donors (Lipinski definition) is 1. The van der Waals surface area contributed by atoms with Crippen LogP contribution in [0.3, 0.4) is 0 Å². The molecule has 0 unspecified atom stereocenters. The number of nitriles is 1. The molecule has 1 fully saturated rings. The van der Waals surface area contributed by atoms with E-state index in [9.17, 15) is 10.1 Å². The standard InChI is InChI=1S/C14H17N3O2/c1-10-2-5-16-14(12(10)9-15)17-6-3-11(4-7-17)8-13(18)19/h2,5,11H,3-4,6-8H2,1H3,(H,18,19). The molecule has 0 radical (unpaired) electrons. The molecule has 0 spiro atoms. The summed E-state index contributed by atoms with van der Waals surface area (Å²) in [4.78, 5) is 17.1. The average molecular weight is 259 g/mol. The second-order valence-corrected chi connectivity index (χ2v) is 4.97. The molecule has 1 aliphatic rings. The fourth-order valence-electron chi connectivity index (χ4n) is 2.52. The number of nitrogens with zero attached hydrogens (tertiary/aromatic N) is 3. The van der Waals surface area contributed by atoms with Crippen molar-refractivity contribution in [2.45, 2.75) is 26.2 Å². The molecule has 5 nitrogen and oxygen atoms in total. The van der Waals surface area contributed by atoms with Gasteiger partial charge in [-0.3, -0.25) is 4.79 Å². The number of aliphatic carboxylic acids is 1. The fourth-order valence-corrected chi connectivity index (χ4v) is 2.52. The smallest absolute Gasteiger partial charge is 0.303 e. The molecule has 1 N–H and O–H groups in total. The highest BCUT2D eigenvalue weighted by molar-refractivity contribution is 5.67. The lowest BCUT2D eigenvalue weighted by atomic mass is 9.93. The first-order chi connectivity index (χ1) is 9.11. The fraction of sp³-hybridized carbons (Fsp3) is 0.500. The van der Waals surface area contributed by atoms with Crippen LogP contribution >= 0.6 is 0 Å². The first-order valence-electron chi connectivity index (χ1n) is 6.44. The summed E-state index contributed by atoms with van der Waals surface area (Å²) in [5.41, 5.74) is 1.55. The highest BCUT2D eigenvalue weighted by Gasteiger charge is 2.23. The van der Waals surface area contributed by atoms with Crippen LogP contribution in [0, 0.1) is 24.2 Å². The Labute approximate surface area is 112 Å². The minimum atomic E-state index is -0.732. The number of anilines is 1. The molecule has 0 atom stereocenters. The number of carboxylic acids is 1. The van der Waals surface area contributed by atoms with Crippen LogP contribution in [0.2, 0.25) is 0 Å². The number of carbonyl (C=O) groups is 1. The Morgan fingerprint density at radius 1 is 1.58 bits per heavy atom. The van der Waals surface area contributed by atoms with Crippen LogP contribution in [0.4, 0.5) is 5.82 Å². The number of aryl methyl sites for hydroxylation is 1. The van der Waals surface area contributed by atoms with Crippen molar-refractivity contribution in [3.8, 4) is 6.07 Å². The summed E-state index contributed by atoms with van der Waals surface area (Å²) in [6.45, 7) is 3.44. The third kappa shape index (κ3) is 3.02. The van der Waals surface area contributed by atoms with Gasteiger partial charge in [0.2, 0.25) is 0 Å². The summed E-state index contributed by atoms with van der Waals surface area (Å²) in [5.74, 6) is 0.241. The van der Waals surface area contributed by atoms with Gasteiger partial charge in [-0.2, -0.15) is 5.26 Å². The van der Waals surface area contributed by atoms with Crippen molar-refractivity contribution >= 4 is 11.8 Å². The molecule has 1 aromatic heterocycles. The van der Waals surface area contributed by atoms with Crippen LogP contribution in [0.15, 0.2) is 12.3 Å². The molecule has 1 aromatic rings. The minimum Gasteiger partial charge on any atom is -0.481 e. The molecule has 0 aromatic carbocycles. The topological polar surface area (TPSA) is 77.2 Å². The molecule has 0 bridgehead atoms. The summed E-state index contributed by atoms with van der Waals surface area (Å²) in [7, 11) is 0. The van der Waals surface area contributed by atoms with Gasteiger partial charge >= 0.3 is 5.97 Å². The maximum Gasteiger partial charge on any atom is 0.303 e. The second-order valence-electron chi connectivity index (χ2n) is 4.97. The van der Waals surface area contributed by atoms with E-state index in [1.54, 1.807) is 6.20 Å². The number of carboxylic acid groups (broad SMARTS) is 1. The lowest BCUT2D eigenvalue weighted by Crippen LogP contribution is -2.35. The summed E-state index contributed by atoms with van der Waals surface area (Å²) < 4.78 is 0. The maximum absolute atomic E-state index is 10.7. The van der Waals surface area contributed by atoms with Crippen LogP contribution in [0.25, 0.3) is 0 Å². The molecule has 2 heterocycles. The Hall–Kier alpha value is -2.09. The van der Waals surface area contributed by atoms with Gasteiger partial charge in [-0.05, 0) is 37.3 Å². The molecule has 5 heteroatoms. The van der Waals surface area contributed by atoms with E-state index in [0.29, 0.717) is 5.56 Å². The molecule has 1 aliphatic heterocycles. The SMILES string of the molecule is Cc1ccnc(N2CCC(CC(=O)O)CC2)c1C#N. The summed E-state index contributed by atoms with van der Waals surface area (Å²) in [5, 5.41) is 18.0. The Kier molecular flexibility index (Phi) is 4.00. The molecule has 2 rings (SSSR count). The van der Waals surface area contributed by atoms with Gasteiger partial charge in [-0.15, -0.1) is 0 Å². The highest BCUT2D eigenvalue weighted by Crippen LogP contribution is 2.27. The third-order valence-corrected chi connectivity index (χ3v) is 3.63. The van der Waals surface area contributed by atoms with Crippen molar-refractivity contribution in [2.24, 2.45) is 5.92 Å². The van der Waals surface area contributed by atoms with Crippen LogP contribution in [-0.2, 0) is 4.79 Å². The van der Waals surface area contributed by atoms with E-state index in [0.717, 1.165) is 37.3 Å². The number of aromatic nitrogens is 1. The van der Waals surface area contributed by atoms with E-state index in [2.05, 4.69) is 16.0 Å². The molecule has 19 heavy (non-hydrogen) atoms. The summed E-state index contributed by atoms with van der Waals surface area (Å²) >= 11 is 0. The normalized spacial score (nSPS) is 16.1. The second kappa shape index (κ2) is 5.70. The molecule has 0 aliphatic carbocycles. The number of piperidine rings is 1. The summed E-state index contributed by atoms with van der Waals surface area (Å²) in [6, 6.07) is 4.04. The molecule has 0 amide bonds. The highest BCUT2D eigenvalue weighted by atomic mass is 16.4. The minimum absolute atomic E-state index is 0.236. The lowest BCUT2D eigenvalue weighted by molar-refractivity contribution is -0.138. The number of hydrogen-bond acceptors (Lipinski definition) is 4. The first-order valence-corrected chi connectivity index (χ1v) is 6.44. The number of pyridine rings is 1. The Morgan fingerprint density at radius 2 is 2.26 bits per heavy atom. The maximum atomic E-state index is 10.7. The van der Waals surface area contributed by atoms with Gasteiger partial charge in [0.05, 0.1) is 5.56 Å². The van der Waals surface area contributed by atoms with Crippen LogP contribution in [0.5, 0.6) is 0 Å². The largest absolute Gasteiger partial charge is 0.481 e. The van der Waals surface area contributed by atoms with E-state index in [1.165, 1.54) is 0 Å². The van der Waals surface area contributed by atoms with E-state index in [1.807, 2.05) is 13.0 Å². The van der Waals surface area contributed by atoms with Gasteiger partial charge in [0, 0.05) is 25.7 Å². The van der Waals surface area contributed by atoms with Crippen molar-refractivity contribution in [3.05, 3.63) is 23.4 Å². The van der Waals surface area contributed by atoms with Crippen LogP contribution in [-0.4, -0.2) is 29.1 Å². The van der Waals surface area contributed by atoms with Crippen LogP contribution < -0.4 is 4.90 Å². The zero-order valence-corrected chi connectivity index (χ0v) is 11.0. The van der Waals surface area contributed by atoms with Crippen molar-refractivity contribution in [2.75, 3.05) is 18.0 Å². The van der Waals surface area contributed by atoms with E-state index in [-0.39, 0.29) is 12.3 Å². The zero-order chi connectivity index (χ0) is 13.8. The van der Waals surface area contributed by atoms with Gasteiger partial charge in [-0.1, -0.05) is 0 Å². The van der Waals surface area contributed by atoms with Gasteiger partial charge < -0.3 is 10.0 Å². The average Bonchev–Trinajstić information content (AvgIpc) is 2.38. The predicted octanol–water partition coefficient (Wildman–Crippen LogP) is 1.95. The van der Waals surface area contributed by atoms with Crippen LogP contribution in [0.1, 0.15) is 30.4 Å². The number of rotatable bonds is 3. The third-order valence-electron chi connectivity index (χ3n) is 3.63. The van der Waals surface area contributed by atoms with Gasteiger partial charge in [-0.25, -0.2) is 4.98 Å². The molecular formula is C14H17N3O2. The zero-order valence-electron chi connectivity index (χ0n) is 11.0. The van der Waals surface area contributed by atoms with Crippen molar-refractivity contribution in [3.63, 3.8) is 0 Å². The summed E-state index contributed by atoms with van der Waals surface area (Å²) in [6.07, 6.45) is 3.63. The first kappa shape index (κ1) is 13.3. The van der Waals surface area contributed by atoms with Gasteiger partial charge in [0.15, 0.2) is 0 Å². The Bertz CT molecular complexity index is 514. The van der Waals surface area contributed by atoms with E-state index >= 15 is 0 Å².